The van der Waals surface area contributed by atoms with E-state index in [4.69, 9.17) is 5.73 Å². The molecule has 0 aliphatic heterocycles. The smallest absolute Gasteiger partial charge is 0.676 e. The van der Waals surface area contributed by atoms with Gasteiger partial charge >= 0.3 is 51.4 Å². The fourth-order valence-corrected chi connectivity index (χ4v) is 0.996. The van der Waals surface area contributed by atoms with E-state index in [1.807, 2.05) is 30.4 Å². The Labute approximate surface area is 133 Å². The van der Waals surface area contributed by atoms with Crippen LogP contribution in [0.3, 0.4) is 0 Å². The fraction of sp³-hybridized carbons (Fsp3) is 0.182. The van der Waals surface area contributed by atoms with E-state index in [0.29, 0.717) is 12.1 Å². The third-order valence-corrected chi connectivity index (χ3v) is 1.67. The van der Waals surface area contributed by atoms with E-state index < -0.39 is 0 Å². The van der Waals surface area contributed by atoms with Crippen molar-refractivity contribution >= 4 is 5.91 Å². The van der Waals surface area contributed by atoms with E-state index in [0.717, 1.165) is 0 Å². The van der Waals surface area contributed by atoms with Gasteiger partial charge in [-0.2, -0.15) is 0 Å². The Morgan fingerprint density at radius 1 is 1.20 bits per heavy atom. The van der Waals surface area contributed by atoms with E-state index in [-0.39, 0.29) is 63.8 Å². The molecule has 0 spiro atoms. The number of rotatable bonds is 3. The van der Waals surface area contributed by atoms with Crippen LogP contribution in [0.4, 0.5) is 0 Å². The first-order valence-corrected chi connectivity index (χ1v) is 4.49. The van der Waals surface area contributed by atoms with Gasteiger partial charge in [0, 0.05) is 5.57 Å². The summed E-state index contributed by atoms with van der Waals surface area (Å²) in [5.41, 5.74) is 7.52. The first-order valence-electron chi connectivity index (χ1n) is 4.49. The molecular formula is C11H13KN2O. The second-order valence-corrected chi connectivity index (χ2v) is 2.76. The Morgan fingerprint density at radius 2 is 1.87 bits per heavy atom. The number of allylic oxidation sites excluding steroid dienone is 6. The molecule has 0 atom stereocenters. The molecule has 0 aromatic heterocycles. The van der Waals surface area contributed by atoms with Crippen LogP contribution in [0, 0.1) is 0 Å². The summed E-state index contributed by atoms with van der Waals surface area (Å²) < 4.78 is 0. The molecule has 0 saturated heterocycles. The summed E-state index contributed by atoms with van der Waals surface area (Å²) in [7, 11) is 0. The summed E-state index contributed by atoms with van der Waals surface area (Å²) >= 11 is 0. The summed E-state index contributed by atoms with van der Waals surface area (Å²) in [4.78, 5) is 11.5. The van der Waals surface area contributed by atoms with Crippen molar-refractivity contribution < 1.29 is 56.2 Å². The van der Waals surface area contributed by atoms with Crippen LogP contribution < -0.4 is 56.7 Å². The molecule has 0 heterocycles. The SMILES string of the molecule is [K+].[NH-]CCNC(=O)C1=C/C=C\C=C/C=C\1. The van der Waals surface area contributed by atoms with Crippen LogP contribution in [0.5, 0.6) is 0 Å². The maximum absolute atomic E-state index is 11.5. The van der Waals surface area contributed by atoms with E-state index in [1.165, 1.54) is 0 Å². The Kier molecular flexibility index (Phi) is 9.28. The molecule has 3 nitrogen and oxygen atoms in total. The number of nitrogens with one attached hydrogen (secondary N) is 2. The molecule has 1 aliphatic rings. The van der Waals surface area contributed by atoms with Gasteiger partial charge in [-0.3, -0.25) is 4.79 Å². The Balaban J connectivity index is 0.00000196. The molecule has 0 aromatic rings. The van der Waals surface area contributed by atoms with Gasteiger partial charge in [-0.1, -0.05) is 30.4 Å². The zero-order chi connectivity index (χ0) is 10.2. The van der Waals surface area contributed by atoms with Crippen molar-refractivity contribution in [2.75, 3.05) is 13.1 Å². The minimum Gasteiger partial charge on any atom is -0.676 e. The number of hydrogen-bond donors (Lipinski definition) is 1. The van der Waals surface area contributed by atoms with Crippen molar-refractivity contribution in [2.45, 2.75) is 0 Å². The molecule has 2 N–H and O–H groups in total. The second-order valence-electron chi connectivity index (χ2n) is 2.76. The summed E-state index contributed by atoms with van der Waals surface area (Å²) in [6, 6.07) is 0. The van der Waals surface area contributed by atoms with Crippen molar-refractivity contribution in [1.82, 2.24) is 5.32 Å². The van der Waals surface area contributed by atoms with Crippen LogP contribution >= 0.6 is 0 Å². The van der Waals surface area contributed by atoms with Crippen molar-refractivity contribution in [3.05, 3.63) is 53.8 Å². The van der Waals surface area contributed by atoms with Crippen LogP contribution in [0.15, 0.2) is 48.1 Å². The van der Waals surface area contributed by atoms with Crippen LogP contribution in [0.1, 0.15) is 0 Å². The van der Waals surface area contributed by atoms with E-state index in [1.54, 1.807) is 12.2 Å². The third-order valence-electron chi connectivity index (χ3n) is 1.67. The molecule has 0 radical (unpaired) electrons. The quantitative estimate of drug-likeness (QED) is 0.604. The van der Waals surface area contributed by atoms with Crippen LogP contribution in [0.2, 0.25) is 0 Å². The van der Waals surface area contributed by atoms with Gasteiger partial charge in [0.1, 0.15) is 0 Å². The molecule has 0 fully saturated rings. The number of amides is 1. The topological polar surface area (TPSA) is 52.9 Å². The minimum absolute atomic E-state index is 0. The first kappa shape index (κ1) is 15.0. The first-order chi connectivity index (χ1) is 6.84. The molecule has 0 unspecified atom stereocenters. The summed E-state index contributed by atoms with van der Waals surface area (Å²) in [6.07, 6.45) is 12.7. The van der Waals surface area contributed by atoms with Crippen molar-refractivity contribution in [3.8, 4) is 0 Å². The average Bonchev–Trinajstić information content (AvgIpc) is 2.13. The molecule has 1 aliphatic carbocycles. The molecule has 1 amide bonds. The average molecular weight is 228 g/mol. The molecular weight excluding hydrogens is 215 g/mol. The molecule has 74 valence electrons. The molecule has 0 aromatic carbocycles. The number of hydrogen-bond acceptors (Lipinski definition) is 1. The largest absolute Gasteiger partial charge is 1.00 e. The van der Waals surface area contributed by atoms with Crippen molar-refractivity contribution in [3.63, 3.8) is 0 Å². The predicted octanol–water partition coefficient (Wildman–Crippen LogP) is -1.23. The molecule has 0 saturated carbocycles. The standard InChI is InChI=1S/C11H13N2O.K/c12-8-9-13-11(14)10-6-4-2-1-3-5-7-10;/h1-7,12H,8-9H2,(H,13,14);/q-1;+1/b2-1-,3-1?,4-2?,5-3-,6-4-,7-5?,10-6?,10-7+;. The normalized spacial score (nSPS) is 23.4. The van der Waals surface area contributed by atoms with Gasteiger partial charge in [-0.15, -0.1) is 6.54 Å². The van der Waals surface area contributed by atoms with Crippen LogP contribution in [-0.4, -0.2) is 19.0 Å². The van der Waals surface area contributed by atoms with Gasteiger partial charge in [0.2, 0.25) is 0 Å². The molecule has 15 heavy (non-hydrogen) atoms. The van der Waals surface area contributed by atoms with Crippen LogP contribution in [-0.2, 0) is 4.79 Å². The summed E-state index contributed by atoms with van der Waals surface area (Å²) in [5.74, 6) is -0.131. The second kappa shape index (κ2) is 9.27. The third kappa shape index (κ3) is 6.24. The summed E-state index contributed by atoms with van der Waals surface area (Å²) in [6.45, 7) is 0.599. The Hall–Kier alpha value is 0.0264. The molecule has 1 rings (SSSR count). The van der Waals surface area contributed by atoms with E-state index in [2.05, 4.69) is 5.32 Å². The fourth-order valence-electron chi connectivity index (χ4n) is 0.996. The van der Waals surface area contributed by atoms with Gasteiger partial charge in [-0.05, 0) is 18.7 Å². The van der Waals surface area contributed by atoms with Crippen LogP contribution in [0.25, 0.3) is 5.73 Å². The molecule has 0 bridgehead atoms. The predicted molar refractivity (Wildman–Crippen MR) is 57.7 cm³/mol. The monoisotopic (exact) mass is 228 g/mol. The van der Waals surface area contributed by atoms with E-state index in [9.17, 15) is 4.79 Å². The van der Waals surface area contributed by atoms with Gasteiger partial charge in [-0.25, -0.2) is 0 Å². The Morgan fingerprint density at radius 3 is 2.60 bits per heavy atom. The van der Waals surface area contributed by atoms with Crippen molar-refractivity contribution in [1.29, 1.82) is 0 Å². The summed E-state index contributed by atoms with van der Waals surface area (Å²) in [5, 5.41) is 2.65. The van der Waals surface area contributed by atoms with Gasteiger partial charge in [0.15, 0.2) is 0 Å². The zero-order valence-electron chi connectivity index (χ0n) is 8.86. The van der Waals surface area contributed by atoms with Gasteiger partial charge in [0.05, 0.1) is 0 Å². The maximum Gasteiger partial charge on any atom is 1.00 e. The maximum atomic E-state index is 11.5. The Bertz CT molecular complexity index is 317. The van der Waals surface area contributed by atoms with Gasteiger partial charge in [0.25, 0.3) is 5.91 Å². The van der Waals surface area contributed by atoms with Crippen molar-refractivity contribution in [2.24, 2.45) is 0 Å². The zero-order valence-corrected chi connectivity index (χ0v) is 12.0. The minimum atomic E-state index is -0.131. The molecule has 4 heteroatoms. The van der Waals surface area contributed by atoms with E-state index >= 15 is 0 Å². The number of carbonyl (C=O) groups is 1. The number of carbonyl (C=O) groups excluding carboxylic acids is 1. The van der Waals surface area contributed by atoms with Gasteiger partial charge < -0.3 is 11.1 Å².